The van der Waals surface area contributed by atoms with Crippen LogP contribution >= 0.6 is 11.6 Å². The van der Waals surface area contributed by atoms with Gasteiger partial charge < -0.3 is 15.3 Å². The molecule has 0 heterocycles. The van der Waals surface area contributed by atoms with Gasteiger partial charge in [-0.25, -0.2) is 4.79 Å². The number of aliphatic carboxylic acids is 2. The van der Waals surface area contributed by atoms with Crippen molar-refractivity contribution in [1.82, 2.24) is 0 Å². The van der Waals surface area contributed by atoms with Crippen LogP contribution in [0.3, 0.4) is 0 Å². The number of aliphatic hydroxyl groups excluding tert-OH is 1. The van der Waals surface area contributed by atoms with Crippen molar-refractivity contribution in [3.63, 3.8) is 0 Å². The zero-order valence-corrected chi connectivity index (χ0v) is 9.52. The van der Waals surface area contributed by atoms with Gasteiger partial charge >= 0.3 is 11.9 Å². The largest absolute Gasteiger partial charge is 0.481 e. The average Bonchev–Trinajstić information content (AvgIpc) is 2.25. The van der Waals surface area contributed by atoms with Gasteiger partial charge in [-0.05, 0) is 18.1 Å². The standard InChI is InChI=1S/C11H11ClO5/c12-7-3-1-2-6(4-5-8(13)14)9(7)10(15)11(16)17/h1-3,10,15H,4-5H2,(H,13,14)(H,16,17). The Morgan fingerprint density at radius 3 is 2.47 bits per heavy atom. The summed E-state index contributed by atoms with van der Waals surface area (Å²) in [5.74, 6) is -2.42. The molecule has 6 heteroatoms. The highest BCUT2D eigenvalue weighted by Gasteiger charge is 2.22. The van der Waals surface area contributed by atoms with Gasteiger partial charge in [0.05, 0.1) is 0 Å². The van der Waals surface area contributed by atoms with E-state index in [0.717, 1.165) is 0 Å². The van der Waals surface area contributed by atoms with Crippen LogP contribution in [0.25, 0.3) is 0 Å². The maximum atomic E-state index is 10.7. The monoisotopic (exact) mass is 258 g/mol. The molecule has 0 bridgehead atoms. The second-order valence-corrected chi connectivity index (χ2v) is 3.85. The SMILES string of the molecule is O=C(O)CCc1cccc(Cl)c1C(O)C(=O)O. The summed E-state index contributed by atoms with van der Waals surface area (Å²) in [5, 5.41) is 26.9. The van der Waals surface area contributed by atoms with Crippen LogP contribution in [0.4, 0.5) is 0 Å². The fourth-order valence-electron chi connectivity index (χ4n) is 1.47. The number of hydrogen-bond acceptors (Lipinski definition) is 3. The molecule has 1 unspecified atom stereocenters. The Morgan fingerprint density at radius 2 is 1.94 bits per heavy atom. The normalized spacial score (nSPS) is 12.1. The lowest BCUT2D eigenvalue weighted by Gasteiger charge is -2.13. The number of hydrogen-bond donors (Lipinski definition) is 3. The first-order valence-corrected chi connectivity index (χ1v) is 5.21. The lowest BCUT2D eigenvalue weighted by molar-refractivity contribution is -0.147. The summed E-state index contributed by atoms with van der Waals surface area (Å²) in [6, 6.07) is 4.58. The fourth-order valence-corrected chi connectivity index (χ4v) is 1.77. The highest BCUT2D eigenvalue weighted by atomic mass is 35.5. The van der Waals surface area contributed by atoms with Crippen LogP contribution in [0.15, 0.2) is 18.2 Å². The van der Waals surface area contributed by atoms with Gasteiger partial charge in [-0.1, -0.05) is 23.7 Å². The summed E-state index contributed by atoms with van der Waals surface area (Å²) < 4.78 is 0. The zero-order chi connectivity index (χ0) is 13.0. The number of aliphatic hydroxyl groups is 1. The zero-order valence-electron chi connectivity index (χ0n) is 8.76. The minimum absolute atomic E-state index is 0.0583. The van der Waals surface area contributed by atoms with E-state index < -0.39 is 18.0 Å². The van der Waals surface area contributed by atoms with Gasteiger partial charge in [-0.2, -0.15) is 0 Å². The van der Waals surface area contributed by atoms with Crippen LogP contribution < -0.4 is 0 Å². The molecule has 1 aromatic carbocycles. The summed E-state index contributed by atoms with van der Waals surface area (Å²) in [5.41, 5.74) is 0.484. The van der Waals surface area contributed by atoms with Gasteiger partial charge in [0.1, 0.15) is 0 Å². The third-order valence-electron chi connectivity index (χ3n) is 2.26. The second kappa shape index (κ2) is 5.65. The number of rotatable bonds is 5. The first-order valence-electron chi connectivity index (χ1n) is 4.83. The van der Waals surface area contributed by atoms with Crippen molar-refractivity contribution < 1.29 is 24.9 Å². The van der Waals surface area contributed by atoms with Crippen LogP contribution in [0.1, 0.15) is 23.7 Å². The number of benzene rings is 1. The molecule has 92 valence electrons. The van der Waals surface area contributed by atoms with Crippen LogP contribution in [0.5, 0.6) is 0 Å². The van der Waals surface area contributed by atoms with Crippen LogP contribution in [0.2, 0.25) is 5.02 Å². The topological polar surface area (TPSA) is 94.8 Å². The first-order chi connectivity index (χ1) is 7.93. The van der Waals surface area contributed by atoms with E-state index in [9.17, 15) is 14.7 Å². The van der Waals surface area contributed by atoms with Crippen molar-refractivity contribution in [3.8, 4) is 0 Å². The van der Waals surface area contributed by atoms with E-state index in [0.29, 0.717) is 5.56 Å². The molecule has 0 aromatic heterocycles. The maximum Gasteiger partial charge on any atom is 0.337 e. The molecule has 0 radical (unpaired) electrons. The van der Waals surface area contributed by atoms with E-state index in [2.05, 4.69) is 0 Å². The molecular formula is C11H11ClO5. The van der Waals surface area contributed by atoms with Crippen molar-refractivity contribution in [1.29, 1.82) is 0 Å². The smallest absolute Gasteiger partial charge is 0.337 e. The Balaban J connectivity index is 3.08. The van der Waals surface area contributed by atoms with Crippen molar-refractivity contribution in [3.05, 3.63) is 34.3 Å². The molecule has 1 atom stereocenters. The molecule has 0 amide bonds. The molecular weight excluding hydrogens is 248 g/mol. The van der Waals surface area contributed by atoms with E-state index >= 15 is 0 Å². The fraction of sp³-hybridized carbons (Fsp3) is 0.273. The predicted molar refractivity (Wildman–Crippen MR) is 60.0 cm³/mol. The third kappa shape index (κ3) is 3.44. The van der Waals surface area contributed by atoms with E-state index in [1.54, 1.807) is 12.1 Å². The van der Waals surface area contributed by atoms with Crippen LogP contribution in [-0.2, 0) is 16.0 Å². The lowest BCUT2D eigenvalue weighted by atomic mass is 9.98. The molecule has 1 rings (SSSR count). The van der Waals surface area contributed by atoms with Crippen LogP contribution in [-0.4, -0.2) is 27.3 Å². The van der Waals surface area contributed by atoms with Gasteiger partial charge in [-0.15, -0.1) is 0 Å². The molecule has 0 aliphatic carbocycles. The molecule has 0 saturated heterocycles. The molecule has 0 spiro atoms. The lowest BCUT2D eigenvalue weighted by Crippen LogP contribution is -2.14. The predicted octanol–water partition coefficient (Wildman–Crippen LogP) is 1.48. The van der Waals surface area contributed by atoms with Gasteiger partial charge in [0, 0.05) is 17.0 Å². The number of halogens is 1. The minimum atomic E-state index is -1.74. The summed E-state index contributed by atoms with van der Waals surface area (Å²) >= 11 is 5.81. The molecule has 17 heavy (non-hydrogen) atoms. The molecule has 5 nitrogen and oxygen atoms in total. The van der Waals surface area contributed by atoms with Gasteiger partial charge in [0.2, 0.25) is 0 Å². The Kier molecular flexibility index (Phi) is 4.48. The summed E-state index contributed by atoms with van der Waals surface area (Å²) in [6.07, 6.45) is -1.78. The highest BCUT2D eigenvalue weighted by molar-refractivity contribution is 6.31. The highest BCUT2D eigenvalue weighted by Crippen LogP contribution is 2.27. The number of aryl methyl sites for hydroxylation is 1. The quantitative estimate of drug-likeness (QED) is 0.743. The average molecular weight is 259 g/mol. The van der Waals surface area contributed by atoms with Gasteiger partial charge in [0.15, 0.2) is 6.10 Å². The van der Waals surface area contributed by atoms with Gasteiger partial charge in [0.25, 0.3) is 0 Å². The van der Waals surface area contributed by atoms with Crippen molar-refractivity contribution in [2.24, 2.45) is 0 Å². The molecule has 0 fully saturated rings. The Morgan fingerprint density at radius 1 is 1.29 bits per heavy atom. The Bertz CT molecular complexity index is 443. The summed E-state index contributed by atoms with van der Waals surface area (Å²) in [7, 11) is 0. The molecule has 0 aliphatic heterocycles. The van der Waals surface area contributed by atoms with Crippen molar-refractivity contribution >= 4 is 23.5 Å². The maximum absolute atomic E-state index is 10.7. The van der Waals surface area contributed by atoms with E-state index in [-0.39, 0.29) is 23.4 Å². The van der Waals surface area contributed by atoms with Gasteiger partial charge in [-0.3, -0.25) is 4.79 Å². The molecule has 0 saturated carbocycles. The van der Waals surface area contributed by atoms with Crippen molar-refractivity contribution in [2.75, 3.05) is 0 Å². The first kappa shape index (κ1) is 13.5. The third-order valence-corrected chi connectivity index (χ3v) is 2.59. The molecule has 0 aliphatic rings. The van der Waals surface area contributed by atoms with E-state index in [4.69, 9.17) is 21.8 Å². The summed E-state index contributed by atoms with van der Waals surface area (Å²) in [4.78, 5) is 21.2. The Labute approximate surface area is 102 Å². The minimum Gasteiger partial charge on any atom is -0.481 e. The molecule has 1 aromatic rings. The van der Waals surface area contributed by atoms with Crippen molar-refractivity contribution in [2.45, 2.75) is 18.9 Å². The van der Waals surface area contributed by atoms with Crippen LogP contribution in [0, 0.1) is 0 Å². The Hall–Kier alpha value is -1.59. The van der Waals surface area contributed by atoms with E-state index in [1.165, 1.54) is 6.07 Å². The second-order valence-electron chi connectivity index (χ2n) is 3.45. The number of carbonyl (C=O) groups is 2. The molecule has 3 N–H and O–H groups in total. The number of carboxylic acids is 2. The summed E-state index contributed by atoms with van der Waals surface area (Å²) in [6.45, 7) is 0. The van der Waals surface area contributed by atoms with E-state index in [1.807, 2.05) is 0 Å². The number of carboxylic acid groups (broad SMARTS) is 2.